The van der Waals surface area contributed by atoms with Gasteiger partial charge in [-0.1, -0.05) is 24.6 Å². The maximum atomic E-state index is 12.8. The third-order valence-corrected chi connectivity index (χ3v) is 6.57. The van der Waals surface area contributed by atoms with E-state index >= 15 is 0 Å². The van der Waals surface area contributed by atoms with Crippen LogP contribution in [-0.4, -0.2) is 44.6 Å². The average molecular weight is 464 g/mol. The Balaban J connectivity index is 1.55. The second-order valence-electron chi connectivity index (χ2n) is 9.02. The minimum absolute atomic E-state index is 0.000142. The minimum Gasteiger partial charge on any atom is -0.304 e. The highest BCUT2D eigenvalue weighted by Crippen LogP contribution is 2.28. The monoisotopic (exact) mass is 463 g/mol. The summed E-state index contributed by atoms with van der Waals surface area (Å²) in [5, 5.41) is 11.9. The third-order valence-electron chi connectivity index (χ3n) is 6.57. The van der Waals surface area contributed by atoms with Crippen molar-refractivity contribution in [3.05, 3.63) is 35.9 Å². The van der Waals surface area contributed by atoms with Gasteiger partial charge < -0.3 is 5.43 Å². The molecular formula is C25H29N5O4. The molecule has 2 atom stereocenters. The molecule has 0 spiro atoms. The van der Waals surface area contributed by atoms with Crippen molar-refractivity contribution in [3.8, 4) is 11.3 Å². The Kier molecular flexibility index (Phi) is 7.84. The lowest BCUT2D eigenvalue weighted by molar-refractivity contribution is -0.127. The number of Topliss-reactive ketones (excluding diaryl/α,β-unsaturated/α-hetero) is 4. The highest BCUT2D eigenvalue weighted by Gasteiger charge is 2.32. The van der Waals surface area contributed by atoms with Gasteiger partial charge in [-0.15, -0.1) is 10.2 Å². The van der Waals surface area contributed by atoms with Gasteiger partial charge >= 0.3 is 0 Å². The Bertz CT molecular complexity index is 1090. The number of fused-ring (bicyclic) bond motifs is 6. The molecule has 1 aromatic carbocycles. The van der Waals surface area contributed by atoms with Crippen LogP contribution in [0.1, 0.15) is 74.6 Å². The van der Waals surface area contributed by atoms with Crippen LogP contribution in [0.4, 0.5) is 5.82 Å². The van der Waals surface area contributed by atoms with Crippen molar-refractivity contribution in [2.75, 3.05) is 5.43 Å². The summed E-state index contributed by atoms with van der Waals surface area (Å²) in [6, 6.07) is 8.72. The van der Waals surface area contributed by atoms with Crippen molar-refractivity contribution in [2.45, 2.75) is 70.3 Å². The van der Waals surface area contributed by atoms with Crippen LogP contribution >= 0.6 is 0 Å². The summed E-state index contributed by atoms with van der Waals surface area (Å²) in [4.78, 5) is 49.9. The van der Waals surface area contributed by atoms with E-state index in [-0.39, 0.29) is 73.6 Å². The van der Waals surface area contributed by atoms with Gasteiger partial charge in [0.25, 0.3) is 0 Å². The molecule has 34 heavy (non-hydrogen) atoms. The van der Waals surface area contributed by atoms with E-state index in [0.29, 0.717) is 29.1 Å². The number of hydrogen-bond donors (Lipinski definition) is 2. The van der Waals surface area contributed by atoms with Gasteiger partial charge in [-0.3, -0.25) is 19.2 Å². The van der Waals surface area contributed by atoms with E-state index in [2.05, 4.69) is 26.3 Å². The van der Waals surface area contributed by atoms with Crippen LogP contribution < -0.4 is 10.9 Å². The first-order valence-electron chi connectivity index (χ1n) is 11.9. The fourth-order valence-corrected chi connectivity index (χ4v) is 4.62. The van der Waals surface area contributed by atoms with Crippen LogP contribution in [0.25, 0.3) is 11.3 Å². The topological polar surface area (TPSA) is 131 Å². The highest BCUT2D eigenvalue weighted by atomic mass is 16.1. The molecule has 2 aliphatic rings. The van der Waals surface area contributed by atoms with Crippen LogP contribution in [0.2, 0.25) is 0 Å². The summed E-state index contributed by atoms with van der Waals surface area (Å²) in [7, 11) is 0. The van der Waals surface area contributed by atoms with E-state index in [0.717, 1.165) is 19.3 Å². The number of nitrogens with one attached hydrogen (secondary N) is 2. The molecule has 2 N–H and O–H groups in total. The molecule has 0 radical (unpaired) electrons. The lowest BCUT2D eigenvalue weighted by atomic mass is 9.94. The Morgan fingerprint density at radius 2 is 1.53 bits per heavy atom. The first-order chi connectivity index (χ1) is 16.5. The van der Waals surface area contributed by atoms with Gasteiger partial charge in [0.2, 0.25) is 0 Å². The summed E-state index contributed by atoms with van der Waals surface area (Å²) in [6.45, 7) is 0. The average Bonchev–Trinajstić information content (AvgIpc) is 3.33. The maximum Gasteiger partial charge on any atom is 0.166 e. The van der Waals surface area contributed by atoms with Crippen LogP contribution in [0.3, 0.4) is 0 Å². The zero-order valence-electron chi connectivity index (χ0n) is 19.1. The molecule has 4 rings (SSSR count). The smallest absolute Gasteiger partial charge is 0.166 e. The van der Waals surface area contributed by atoms with E-state index in [9.17, 15) is 19.2 Å². The zero-order valence-corrected chi connectivity index (χ0v) is 19.1. The number of carbonyl (C=O) groups is 4. The molecular weight excluding hydrogens is 434 g/mol. The number of aromatic nitrogens is 3. The van der Waals surface area contributed by atoms with E-state index in [4.69, 9.17) is 0 Å². The summed E-state index contributed by atoms with van der Waals surface area (Å²) in [5.41, 5.74) is 8.02. The largest absolute Gasteiger partial charge is 0.304 e. The van der Waals surface area contributed by atoms with Crippen LogP contribution in [0.5, 0.6) is 0 Å². The van der Waals surface area contributed by atoms with E-state index in [1.54, 1.807) is 24.3 Å². The predicted octanol–water partition coefficient (Wildman–Crippen LogP) is 3.26. The van der Waals surface area contributed by atoms with Gasteiger partial charge in [0.1, 0.15) is 17.3 Å². The van der Waals surface area contributed by atoms with Crippen LogP contribution in [0.15, 0.2) is 30.3 Å². The third kappa shape index (κ3) is 6.17. The molecule has 1 aliphatic carbocycles. The Morgan fingerprint density at radius 3 is 2.35 bits per heavy atom. The molecule has 1 fully saturated rings. The number of hydrazine groups is 1. The molecule has 1 aliphatic heterocycles. The van der Waals surface area contributed by atoms with Gasteiger partial charge in [-0.05, 0) is 30.5 Å². The van der Waals surface area contributed by atoms with Gasteiger partial charge in [-0.25, -0.2) is 5.43 Å². The fraction of sp³-hybridized carbons (Fsp3) is 0.480. The van der Waals surface area contributed by atoms with Crippen molar-refractivity contribution in [1.29, 1.82) is 0 Å². The van der Waals surface area contributed by atoms with Gasteiger partial charge in [0, 0.05) is 67.7 Å². The Hall–Kier alpha value is -3.33. The molecule has 1 saturated carbocycles. The molecule has 2 unspecified atom stereocenters. The van der Waals surface area contributed by atoms with Crippen molar-refractivity contribution in [3.63, 3.8) is 0 Å². The van der Waals surface area contributed by atoms with Crippen molar-refractivity contribution in [2.24, 2.45) is 5.92 Å². The number of anilines is 1. The predicted molar refractivity (Wildman–Crippen MR) is 125 cm³/mol. The van der Waals surface area contributed by atoms with Gasteiger partial charge in [0.05, 0.1) is 5.69 Å². The number of rotatable bonds is 0. The van der Waals surface area contributed by atoms with Gasteiger partial charge in [-0.2, -0.15) is 0 Å². The quantitative estimate of drug-likeness (QED) is 0.604. The van der Waals surface area contributed by atoms with Crippen molar-refractivity contribution >= 4 is 29.0 Å². The summed E-state index contributed by atoms with van der Waals surface area (Å²) >= 11 is 0. The lowest BCUT2D eigenvalue weighted by Crippen LogP contribution is -2.40. The van der Waals surface area contributed by atoms with Crippen LogP contribution in [0, 0.1) is 5.92 Å². The first-order valence-corrected chi connectivity index (χ1v) is 11.9. The lowest BCUT2D eigenvalue weighted by Gasteiger charge is -2.20. The number of ketones is 4. The van der Waals surface area contributed by atoms with Crippen LogP contribution in [-0.2, 0) is 14.4 Å². The molecule has 2 aromatic rings. The standard InChI is InChI=1S/C25H29N5O4/c31-18-6-2-7-19(32)11-13-24(34)20-8-3-9-21(20)26-28-25-15-22(27-30-29-25)16-4-1-5-17(14-16)23(33)12-10-18/h1,4-5,14-15,20-21,26H,2-3,6-13H2,(H,27,28,29). The first kappa shape index (κ1) is 23.8. The maximum absolute atomic E-state index is 12.8. The van der Waals surface area contributed by atoms with E-state index in [1.165, 1.54) is 0 Å². The molecule has 2 heterocycles. The fourth-order valence-electron chi connectivity index (χ4n) is 4.62. The Morgan fingerprint density at radius 1 is 0.765 bits per heavy atom. The normalized spacial score (nSPS) is 23.1. The number of carbonyl (C=O) groups excluding carboxylic acids is 4. The number of nitrogens with zero attached hydrogens (tertiary/aromatic N) is 3. The second-order valence-corrected chi connectivity index (χ2v) is 9.02. The minimum atomic E-state index is -0.159. The van der Waals surface area contributed by atoms with Crippen molar-refractivity contribution < 1.29 is 19.2 Å². The summed E-state index contributed by atoms with van der Waals surface area (Å²) < 4.78 is 0. The Labute approximate surface area is 198 Å². The molecule has 178 valence electrons. The van der Waals surface area contributed by atoms with Gasteiger partial charge in [0.15, 0.2) is 11.6 Å². The summed E-state index contributed by atoms with van der Waals surface area (Å²) in [5.74, 6) is 0.225. The molecule has 0 amide bonds. The molecule has 0 saturated heterocycles. The van der Waals surface area contributed by atoms with E-state index in [1.807, 2.05) is 6.07 Å². The summed E-state index contributed by atoms with van der Waals surface area (Å²) in [6.07, 6.45) is 4.25. The number of hydrogen-bond acceptors (Lipinski definition) is 9. The van der Waals surface area contributed by atoms with E-state index < -0.39 is 0 Å². The SMILES string of the molecule is O=C1CCCC(=O)CCC(=O)C2CCCC2NNc2cc(nnn2)-c2cccc(c2)C(=O)CC1. The highest BCUT2D eigenvalue weighted by molar-refractivity contribution is 5.99. The molecule has 1 aromatic heterocycles. The second kappa shape index (κ2) is 11.2. The molecule has 4 bridgehead atoms. The molecule has 9 heteroatoms. The molecule has 9 nitrogen and oxygen atoms in total. The zero-order chi connectivity index (χ0) is 23.9. The number of benzene rings is 1. The van der Waals surface area contributed by atoms with Crippen molar-refractivity contribution in [1.82, 2.24) is 20.8 Å².